The number of esters is 1. The van der Waals surface area contributed by atoms with Crippen LogP contribution >= 0.6 is 0 Å². The van der Waals surface area contributed by atoms with Gasteiger partial charge in [0.05, 0.1) is 23.1 Å². The number of nitrogens with one attached hydrogen (secondary N) is 1. The summed E-state index contributed by atoms with van der Waals surface area (Å²) in [6, 6.07) is 16.2. The molecule has 5 rings (SSSR count). The van der Waals surface area contributed by atoms with Crippen molar-refractivity contribution >= 4 is 22.7 Å². The number of dihydropyridines is 1. The summed E-state index contributed by atoms with van der Waals surface area (Å²) in [6.07, 6.45) is 3.11. The molecular weight excluding hydrogens is 446 g/mol. The number of allylic oxidation sites excluding steroid dienone is 3. The summed E-state index contributed by atoms with van der Waals surface area (Å²) in [5, 5.41) is 3.62. The average molecular weight is 472 g/mol. The van der Waals surface area contributed by atoms with Gasteiger partial charge in [-0.3, -0.25) is 9.59 Å². The smallest absolute Gasteiger partial charge is 0.336 e. The molecule has 1 aromatic heterocycles. The van der Waals surface area contributed by atoms with Crippen molar-refractivity contribution in [3.63, 3.8) is 0 Å². The Balaban J connectivity index is 1.48. The lowest BCUT2D eigenvalue weighted by molar-refractivity contribution is -0.140. The molecule has 35 heavy (non-hydrogen) atoms. The number of hydrogen-bond acceptors (Lipinski definition) is 7. The van der Waals surface area contributed by atoms with Crippen molar-refractivity contribution < 1.29 is 23.5 Å². The van der Waals surface area contributed by atoms with Crippen molar-refractivity contribution in [2.24, 2.45) is 0 Å². The zero-order chi connectivity index (χ0) is 24.4. The predicted octanol–water partition coefficient (Wildman–Crippen LogP) is 4.38. The van der Waals surface area contributed by atoms with Crippen molar-refractivity contribution in [1.82, 2.24) is 5.32 Å². The van der Waals surface area contributed by atoms with Crippen LogP contribution in [0.1, 0.15) is 37.7 Å². The third-order valence-electron chi connectivity index (χ3n) is 6.34. The molecule has 7 heteroatoms. The highest BCUT2D eigenvalue weighted by molar-refractivity contribution is 6.04. The molecule has 1 aliphatic carbocycles. The van der Waals surface area contributed by atoms with Crippen molar-refractivity contribution in [3.8, 4) is 5.75 Å². The summed E-state index contributed by atoms with van der Waals surface area (Å²) in [4.78, 5) is 39.9. The maximum absolute atomic E-state index is 13.5. The number of carbonyl (C=O) groups is 2. The Labute approximate surface area is 202 Å². The number of benzene rings is 2. The molecule has 1 aliphatic heterocycles. The molecular formula is C28H25NO6. The van der Waals surface area contributed by atoms with E-state index in [4.69, 9.17) is 13.9 Å². The van der Waals surface area contributed by atoms with Crippen LogP contribution in [0, 0.1) is 0 Å². The van der Waals surface area contributed by atoms with Gasteiger partial charge in [0.1, 0.15) is 24.5 Å². The lowest BCUT2D eigenvalue weighted by Gasteiger charge is -2.33. The maximum Gasteiger partial charge on any atom is 0.336 e. The predicted molar refractivity (Wildman–Crippen MR) is 130 cm³/mol. The van der Waals surface area contributed by atoms with Gasteiger partial charge in [-0.15, -0.1) is 0 Å². The maximum atomic E-state index is 13.5. The molecule has 2 heterocycles. The van der Waals surface area contributed by atoms with E-state index in [1.807, 2.05) is 30.3 Å². The van der Waals surface area contributed by atoms with E-state index in [0.29, 0.717) is 47.3 Å². The first-order valence-electron chi connectivity index (χ1n) is 11.6. The van der Waals surface area contributed by atoms with Gasteiger partial charge in [0.15, 0.2) is 11.2 Å². The number of Topliss-reactive ketones (excluding diaryl/α,β-unsaturated/α-hetero) is 1. The first-order chi connectivity index (χ1) is 17.0. The molecule has 2 aromatic carbocycles. The fraction of sp³-hybridized carbons (Fsp3) is 0.250. The monoisotopic (exact) mass is 471 g/mol. The molecule has 2 aliphatic rings. The molecule has 0 amide bonds. The van der Waals surface area contributed by atoms with Gasteiger partial charge in [-0.2, -0.15) is 0 Å². The lowest BCUT2D eigenvalue weighted by Crippen LogP contribution is -2.36. The standard InChI is InChI=1S/C28H25NO6/c1-17-24(28(32)34-15-14-33-18-8-3-2-4-9-18)25(26-21(29-17)11-7-12-22(26)30)20-16-35-23-13-6-5-10-19(23)27(20)31/h2-6,8-10,13,16,25,29H,7,11-12,14-15H2,1H3/t25-/m1/s1. The van der Waals surface area contributed by atoms with Crippen LogP contribution in [0.25, 0.3) is 11.0 Å². The summed E-state index contributed by atoms with van der Waals surface area (Å²) in [5.41, 5.74) is 2.42. The molecule has 1 N–H and O–H groups in total. The van der Waals surface area contributed by atoms with Crippen LogP contribution in [0.15, 0.2) is 92.6 Å². The molecule has 0 unspecified atom stereocenters. The molecule has 0 saturated carbocycles. The van der Waals surface area contributed by atoms with Gasteiger partial charge in [0.2, 0.25) is 0 Å². The van der Waals surface area contributed by atoms with Gasteiger partial charge < -0.3 is 19.2 Å². The minimum absolute atomic E-state index is 0.0173. The largest absolute Gasteiger partial charge is 0.490 e. The molecule has 0 bridgehead atoms. The molecule has 3 aromatic rings. The number of fused-ring (bicyclic) bond motifs is 1. The molecule has 0 fully saturated rings. The lowest BCUT2D eigenvalue weighted by atomic mass is 9.75. The highest BCUT2D eigenvalue weighted by Crippen LogP contribution is 2.41. The van der Waals surface area contributed by atoms with E-state index in [1.165, 1.54) is 6.26 Å². The second kappa shape index (κ2) is 9.62. The van der Waals surface area contributed by atoms with Crippen LogP contribution < -0.4 is 15.5 Å². The van der Waals surface area contributed by atoms with Gasteiger partial charge in [-0.25, -0.2) is 4.79 Å². The SMILES string of the molecule is CC1=C(C(=O)OCCOc2ccccc2)[C@@H](c2coc3ccccc3c2=O)C2=C(CCCC2=O)N1. The second-order valence-electron chi connectivity index (χ2n) is 8.58. The zero-order valence-electron chi connectivity index (χ0n) is 19.3. The van der Waals surface area contributed by atoms with E-state index >= 15 is 0 Å². The van der Waals surface area contributed by atoms with Gasteiger partial charge >= 0.3 is 5.97 Å². The molecule has 0 spiro atoms. The van der Waals surface area contributed by atoms with E-state index in [1.54, 1.807) is 31.2 Å². The summed E-state index contributed by atoms with van der Waals surface area (Å²) in [7, 11) is 0. The highest BCUT2D eigenvalue weighted by Gasteiger charge is 2.40. The number of carbonyl (C=O) groups excluding carboxylic acids is 2. The summed E-state index contributed by atoms with van der Waals surface area (Å²) < 4.78 is 16.9. The third kappa shape index (κ3) is 4.37. The summed E-state index contributed by atoms with van der Waals surface area (Å²) in [5.74, 6) is -0.870. The Bertz CT molecular complexity index is 1420. The van der Waals surface area contributed by atoms with Crippen LogP contribution in [0.3, 0.4) is 0 Å². The van der Waals surface area contributed by atoms with E-state index in [9.17, 15) is 14.4 Å². The Morgan fingerprint density at radius 3 is 2.63 bits per heavy atom. The van der Waals surface area contributed by atoms with Crippen molar-refractivity contribution in [1.29, 1.82) is 0 Å². The quantitative estimate of drug-likeness (QED) is 0.421. The first-order valence-corrected chi connectivity index (χ1v) is 11.6. The van der Waals surface area contributed by atoms with Gasteiger partial charge in [-0.05, 0) is 44.0 Å². The second-order valence-corrected chi connectivity index (χ2v) is 8.58. The van der Waals surface area contributed by atoms with Gasteiger partial charge in [0.25, 0.3) is 0 Å². The van der Waals surface area contributed by atoms with E-state index < -0.39 is 11.9 Å². The number of rotatable bonds is 6. The number of hydrogen-bond donors (Lipinski definition) is 1. The molecule has 1 atom stereocenters. The number of ketones is 1. The number of ether oxygens (including phenoxy) is 2. The van der Waals surface area contributed by atoms with Crippen LogP contribution in [0.5, 0.6) is 5.75 Å². The Morgan fingerprint density at radius 2 is 1.80 bits per heavy atom. The summed E-state index contributed by atoms with van der Waals surface area (Å²) >= 11 is 0. The van der Waals surface area contributed by atoms with Crippen LogP contribution in [0.2, 0.25) is 0 Å². The van der Waals surface area contributed by atoms with Crippen LogP contribution in [-0.4, -0.2) is 25.0 Å². The normalized spacial score (nSPS) is 17.7. The highest BCUT2D eigenvalue weighted by atomic mass is 16.6. The van der Waals surface area contributed by atoms with Crippen molar-refractivity contribution in [2.45, 2.75) is 32.1 Å². The minimum Gasteiger partial charge on any atom is -0.490 e. The fourth-order valence-electron chi connectivity index (χ4n) is 4.75. The Kier molecular flexibility index (Phi) is 6.23. The van der Waals surface area contributed by atoms with E-state index in [-0.39, 0.29) is 35.6 Å². The van der Waals surface area contributed by atoms with Gasteiger partial charge in [-0.1, -0.05) is 30.3 Å². The molecule has 0 radical (unpaired) electrons. The first kappa shape index (κ1) is 22.7. The molecule has 0 saturated heterocycles. The number of para-hydroxylation sites is 2. The Hall–Kier alpha value is -4.13. The summed E-state index contributed by atoms with van der Waals surface area (Å²) in [6.45, 7) is 1.95. The zero-order valence-corrected chi connectivity index (χ0v) is 19.3. The minimum atomic E-state index is -0.859. The molecule has 7 nitrogen and oxygen atoms in total. The Morgan fingerprint density at radius 1 is 1.03 bits per heavy atom. The topological polar surface area (TPSA) is 94.8 Å². The van der Waals surface area contributed by atoms with E-state index in [0.717, 1.165) is 5.70 Å². The van der Waals surface area contributed by atoms with Crippen LogP contribution in [-0.2, 0) is 14.3 Å². The van der Waals surface area contributed by atoms with Gasteiger partial charge in [0, 0.05) is 29.0 Å². The average Bonchev–Trinajstić information content (AvgIpc) is 2.87. The molecule has 178 valence electrons. The van der Waals surface area contributed by atoms with Crippen LogP contribution in [0.4, 0.5) is 0 Å². The van der Waals surface area contributed by atoms with Crippen molar-refractivity contribution in [2.75, 3.05) is 13.2 Å². The fourth-order valence-corrected chi connectivity index (χ4v) is 4.75. The van der Waals surface area contributed by atoms with Crippen molar-refractivity contribution in [3.05, 3.63) is 99.2 Å². The third-order valence-corrected chi connectivity index (χ3v) is 6.34. The van der Waals surface area contributed by atoms with E-state index in [2.05, 4.69) is 5.32 Å².